The summed E-state index contributed by atoms with van der Waals surface area (Å²) >= 11 is 0. The molecule has 0 radical (unpaired) electrons. The summed E-state index contributed by atoms with van der Waals surface area (Å²) in [6.07, 6.45) is 2.86. The van der Waals surface area contributed by atoms with E-state index >= 15 is 0 Å². The lowest BCUT2D eigenvalue weighted by Crippen LogP contribution is -2.27. The summed E-state index contributed by atoms with van der Waals surface area (Å²) in [6.45, 7) is 5.83. The molecule has 0 aliphatic carbocycles. The highest BCUT2D eigenvalue weighted by molar-refractivity contribution is 7.88. The lowest BCUT2D eigenvalue weighted by Gasteiger charge is -2.13. The third-order valence-corrected chi connectivity index (χ3v) is 3.89. The van der Waals surface area contributed by atoms with E-state index in [0.717, 1.165) is 28.6 Å². The Morgan fingerprint density at radius 2 is 2.00 bits per heavy atom. The van der Waals surface area contributed by atoms with E-state index < -0.39 is 10.0 Å². The fourth-order valence-electron chi connectivity index (χ4n) is 2.28. The minimum atomic E-state index is -3.24. The molecule has 0 spiro atoms. The Hall–Kier alpha value is -1.40. The standard InChI is InChI=1S/C12H17N3O2S/c1-8-9(2)12(10(3)14-18(4,16)17)15-11(8)6-5-7-13-15/h5-7,10,14H,1-4H3. The number of nitrogens with zero attached hydrogens (tertiary/aromatic N) is 2. The minimum Gasteiger partial charge on any atom is -0.236 e. The number of rotatable bonds is 3. The molecule has 0 fully saturated rings. The van der Waals surface area contributed by atoms with Gasteiger partial charge in [0.05, 0.1) is 23.5 Å². The summed E-state index contributed by atoms with van der Waals surface area (Å²) in [7, 11) is -3.24. The van der Waals surface area contributed by atoms with Crippen molar-refractivity contribution in [1.29, 1.82) is 0 Å². The maximum absolute atomic E-state index is 11.3. The molecule has 2 heterocycles. The van der Waals surface area contributed by atoms with Crippen molar-refractivity contribution >= 4 is 15.5 Å². The summed E-state index contributed by atoms with van der Waals surface area (Å²) in [4.78, 5) is 0. The van der Waals surface area contributed by atoms with Gasteiger partial charge in [-0.2, -0.15) is 5.10 Å². The Balaban J connectivity index is 2.60. The van der Waals surface area contributed by atoms with Crippen molar-refractivity contribution in [2.45, 2.75) is 26.8 Å². The summed E-state index contributed by atoms with van der Waals surface area (Å²) in [5.74, 6) is 0. The monoisotopic (exact) mass is 267 g/mol. The van der Waals surface area contributed by atoms with Gasteiger partial charge in [0.1, 0.15) is 0 Å². The largest absolute Gasteiger partial charge is 0.236 e. The molecule has 0 saturated heterocycles. The summed E-state index contributed by atoms with van der Waals surface area (Å²) in [5, 5.41) is 4.30. The van der Waals surface area contributed by atoms with Crippen LogP contribution in [0.3, 0.4) is 0 Å². The van der Waals surface area contributed by atoms with Crippen LogP contribution in [0, 0.1) is 13.8 Å². The first-order valence-corrected chi connectivity index (χ1v) is 7.60. The molecule has 6 heteroatoms. The average molecular weight is 267 g/mol. The number of aryl methyl sites for hydroxylation is 1. The Kier molecular flexibility index (Phi) is 3.16. The first kappa shape index (κ1) is 13.0. The SMILES string of the molecule is Cc1c(C)c2cccnn2c1C(C)NS(C)(=O)=O. The van der Waals surface area contributed by atoms with Crippen molar-refractivity contribution in [2.24, 2.45) is 0 Å². The van der Waals surface area contributed by atoms with Gasteiger partial charge in [-0.1, -0.05) is 0 Å². The molecule has 1 N–H and O–H groups in total. The van der Waals surface area contributed by atoms with E-state index in [4.69, 9.17) is 0 Å². The predicted molar refractivity (Wildman–Crippen MR) is 71.1 cm³/mol. The molecule has 2 aromatic heterocycles. The topological polar surface area (TPSA) is 63.5 Å². The van der Waals surface area contributed by atoms with Crippen molar-refractivity contribution in [2.75, 3.05) is 6.26 Å². The van der Waals surface area contributed by atoms with E-state index in [0.29, 0.717) is 0 Å². The quantitative estimate of drug-likeness (QED) is 0.918. The van der Waals surface area contributed by atoms with E-state index in [-0.39, 0.29) is 6.04 Å². The highest BCUT2D eigenvalue weighted by atomic mass is 32.2. The van der Waals surface area contributed by atoms with E-state index in [1.165, 1.54) is 0 Å². The first-order chi connectivity index (χ1) is 8.31. The van der Waals surface area contributed by atoms with Gasteiger partial charge in [-0.25, -0.2) is 17.7 Å². The van der Waals surface area contributed by atoms with Crippen molar-refractivity contribution < 1.29 is 8.42 Å². The second kappa shape index (κ2) is 4.37. The van der Waals surface area contributed by atoms with Crippen molar-refractivity contribution in [3.8, 4) is 0 Å². The molecule has 18 heavy (non-hydrogen) atoms. The van der Waals surface area contributed by atoms with Crippen LogP contribution in [0.2, 0.25) is 0 Å². The van der Waals surface area contributed by atoms with Gasteiger partial charge in [0.2, 0.25) is 10.0 Å². The van der Waals surface area contributed by atoms with Crippen LogP contribution in [0.15, 0.2) is 18.3 Å². The lowest BCUT2D eigenvalue weighted by molar-refractivity contribution is 0.566. The molecule has 0 amide bonds. The molecule has 0 aliphatic rings. The second-order valence-corrected chi connectivity index (χ2v) is 6.35. The van der Waals surface area contributed by atoms with Gasteiger partial charge >= 0.3 is 0 Å². The fraction of sp³-hybridized carbons (Fsp3) is 0.417. The van der Waals surface area contributed by atoms with Crippen molar-refractivity contribution in [1.82, 2.24) is 14.3 Å². The predicted octanol–water partition coefficient (Wildman–Crippen LogP) is 1.56. The van der Waals surface area contributed by atoms with Crippen LogP contribution < -0.4 is 4.72 Å². The molecule has 0 saturated carbocycles. The number of fused-ring (bicyclic) bond motifs is 1. The normalized spacial score (nSPS) is 14.0. The number of hydrogen-bond acceptors (Lipinski definition) is 3. The highest BCUT2D eigenvalue weighted by Crippen LogP contribution is 2.26. The molecular formula is C12H17N3O2S. The minimum absolute atomic E-state index is 0.309. The fourth-order valence-corrected chi connectivity index (χ4v) is 3.03. The zero-order chi connectivity index (χ0) is 13.5. The van der Waals surface area contributed by atoms with Crippen molar-refractivity contribution in [3.05, 3.63) is 35.2 Å². The van der Waals surface area contributed by atoms with E-state index in [1.54, 1.807) is 10.7 Å². The molecule has 1 atom stereocenters. The van der Waals surface area contributed by atoms with Gasteiger partial charge in [0.25, 0.3) is 0 Å². The molecule has 1 unspecified atom stereocenters. The van der Waals surface area contributed by atoms with Crippen LogP contribution in [0.4, 0.5) is 0 Å². The number of nitrogens with one attached hydrogen (secondary N) is 1. The molecule has 2 rings (SSSR count). The Morgan fingerprint density at radius 1 is 1.33 bits per heavy atom. The molecule has 2 aromatic rings. The summed E-state index contributed by atoms with van der Waals surface area (Å²) in [5.41, 5.74) is 4.08. The van der Waals surface area contributed by atoms with Gasteiger partial charge < -0.3 is 0 Å². The van der Waals surface area contributed by atoms with E-state index in [2.05, 4.69) is 9.82 Å². The smallest absolute Gasteiger partial charge is 0.209 e. The van der Waals surface area contributed by atoms with Crippen LogP contribution in [0.5, 0.6) is 0 Å². The highest BCUT2D eigenvalue weighted by Gasteiger charge is 2.20. The molecule has 0 bridgehead atoms. The maximum Gasteiger partial charge on any atom is 0.209 e. The van der Waals surface area contributed by atoms with Crippen molar-refractivity contribution in [3.63, 3.8) is 0 Å². The van der Waals surface area contributed by atoms with Gasteiger partial charge in [-0.3, -0.25) is 0 Å². The zero-order valence-corrected chi connectivity index (χ0v) is 11.7. The lowest BCUT2D eigenvalue weighted by atomic mass is 10.1. The van der Waals surface area contributed by atoms with Crippen LogP contribution in [0.1, 0.15) is 29.8 Å². The van der Waals surface area contributed by atoms with E-state index in [1.807, 2.05) is 32.9 Å². The molecule has 5 nitrogen and oxygen atoms in total. The zero-order valence-electron chi connectivity index (χ0n) is 10.9. The maximum atomic E-state index is 11.3. The third kappa shape index (κ3) is 2.26. The third-order valence-electron chi connectivity index (χ3n) is 3.11. The number of hydrogen-bond donors (Lipinski definition) is 1. The summed E-state index contributed by atoms with van der Waals surface area (Å²) in [6, 6.07) is 3.54. The Bertz CT molecular complexity index is 689. The Morgan fingerprint density at radius 3 is 2.61 bits per heavy atom. The van der Waals surface area contributed by atoms with Crippen LogP contribution in [-0.4, -0.2) is 24.3 Å². The van der Waals surface area contributed by atoms with Gasteiger partial charge in [0.15, 0.2) is 0 Å². The van der Waals surface area contributed by atoms with Gasteiger partial charge in [0, 0.05) is 6.20 Å². The average Bonchev–Trinajstić information content (AvgIpc) is 2.50. The number of aromatic nitrogens is 2. The summed E-state index contributed by atoms with van der Waals surface area (Å²) < 4.78 is 27.0. The van der Waals surface area contributed by atoms with Crippen LogP contribution in [-0.2, 0) is 10.0 Å². The van der Waals surface area contributed by atoms with Gasteiger partial charge in [-0.05, 0) is 44.0 Å². The molecule has 0 aliphatic heterocycles. The second-order valence-electron chi connectivity index (χ2n) is 4.57. The molecular weight excluding hydrogens is 250 g/mol. The Labute approximate surface area is 107 Å². The van der Waals surface area contributed by atoms with Crippen LogP contribution in [0.25, 0.3) is 5.52 Å². The first-order valence-electron chi connectivity index (χ1n) is 5.71. The number of sulfonamides is 1. The van der Waals surface area contributed by atoms with E-state index in [9.17, 15) is 8.42 Å². The van der Waals surface area contributed by atoms with Gasteiger partial charge in [-0.15, -0.1) is 0 Å². The molecule has 0 aromatic carbocycles. The molecule has 98 valence electrons. The van der Waals surface area contributed by atoms with Crippen LogP contribution >= 0.6 is 0 Å².